The standard InChI is InChI=1S/C17H22N2O/c1-2-3-4-5-6-7-14-12-18-17(19-13-14)15-8-10-16(20)11-9-15/h8-13,20H,2-7H2,1H3. The van der Waals surface area contributed by atoms with E-state index in [4.69, 9.17) is 0 Å². The molecule has 3 heteroatoms. The van der Waals surface area contributed by atoms with Gasteiger partial charge >= 0.3 is 0 Å². The van der Waals surface area contributed by atoms with E-state index in [2.05, 4.69) is 16.9 Å². The van der Waals surface area contributed by atoms with E-state index in [9.17, 15) is 5.11 Å². The number of hydrogen-bond donors (Lipinski definition) is 1. The third kappa shape index (κ3) is 4.34. The number of aromatic hydroxyl groups is 1. The van der Waals surface area contributed by atoms with Crippen LogP contribution in [0.25, 0.3) is 11.4 Å². The molecule has 106 valence electrons. The maximum Gasteiger partial charge on any atom is 0.159 e. The predicted octanol–water partition coefficient (Wildman–Crippen LogP) is 4.36. The van der Waals surface area contributed by atoms with Crippen molar-refractivity contribution in [1.82, 2.24) is 9.97 Å². The van der Waals surface area contributed by atoms with Crippen molar-refractivity contribution in [2.24, 2.45) is 0 Å². The van der Waals surface area contributed by atoms with Crippen molar-refractivity contribution in [2.45, 2.75) is 45.4 Å². The molecule has 0 unspecified atom stereocenters. The van der Waals surface area contributed by atoms with Crippen LogP contribution in [-0.4, -0.2) is 15.1 Å². The first-order valence-corrected chi connectivity index (χ1v) is 7.40. The second kappa shape index (κ2) is 7.63. The van der Waals surface area contributed by atoms with Crippen LogP contribution in [0, 0.1) is 0 Å². The van der Waals surface area contributed by atoms with Crippen molar-refractivity contribution in [1.29, 1.82) is 0 Å². The van der Waals surface area contributed by atoms with Gasteiger partial charge in [-0.2, -0.15) is 0 Å². The lowest BCUT2D eigenvalue weighted by Crippen LogP contribution is -1.93. The monoisotopic (exact) mass is 270 g/mol. The lowest BCUT2D eigenvalue weighted by atomic mass is 10.1. The molecule has 0 radical (unpaired) electrons. The first kappa shape index (κ1) is 14.5. The molecule has 20 heavy (non-hydrogen) atoms. The van der Waals surface area contributed by atoms with Crippen molar-refractivity contribution >= 4 is 0 Å². The number of nitrogens with zero attached hydrogens (tertiary/aromatic N) is 2. The van der Waals surface area contributed by atoms with Crippen LogP contribution in [0.15, 0.2) is 36.7 Å². The van der Waals surface area contributed by atoms with Gasteiger partial charge in [0.25, 0.3) is 0 Å². The SMILES string of the molecule is CCCCCCCc1cnc(-c2ccc(O)cc2)nc1. The molecule has 0 atom stereocenters. The number of rotatable bonds is 7. The molecule has 0 saturated heterocycles. The largest absolute Gasteiger partial charge is 0.508 e. The van der Waals surface area contributed by atoms with Crippen LogP contribution in [0.1, 0.15) is 44.6 Å². The zero-order valence-electron chi connectivity index (χ0n) is 12.0. The Morgan fingerprint density at radius 2 is 1.55 bits per heavy atom. The van der Waals surface area contributed by atoms with Crippen LogP contribution in [-0.2, 0) is 6.42 Å². The van der Waals surface area contributed by atoms with E-state index in [1.165, 1.54) is 37.7 Å². The van der Waals surface area contributed by atoms with Crippen LogP contribution in [0.4, 0.5) is 0 Å². The summed E-state index contributed by atoms with van der Waals surface area (Å²) in [7, 11) is 0. The van der Waals surface area contributed by atoms with Crippen LogP contribution >= 0.6 is 0 Å². The van der Waals surface area contributed by atoms with Crippen LogP contribution < -0.4 is 0 Å². The van der Waals surface area contributed by atoms with Crippen molar-refractivity contribution in [2.75, 3.05) is 0 Å². The number of hydrogen-bond acceptors (Lipinski definition) is 3. The number of aryl methyl sites for hydroxylation is 1. The van der Waals surface area contributed by atoms with Gasteiger partial charge in [0.1, 0.15) is 5.75 Å². The number of aromatic nitrogens is 2. The number of benzene rings is 1. The van der Waals surface area contributed by atoms with Gasteiger partial charge < -0.3 is 5.11 Å². The molecule has 0 spiro atoms. The third-order valence-electron chi connectivity index (χ3n) is 3.40. The zero-order chi connectivity index (χ0) is 14.2. The summed E-state index contributed by atoms with van der Waals surface area (Å²) >= 11 is 0. The smallest absolute Gasteiger partial charge is 0.159 e. The lowest BCUT2D eigenvalue weighted by Gasteiger charge is -2.03. The van der Waals surface area contributed by atoms with E-state index in [-0.39, 0.29) is 5.75 Å². The molecule has 0 fully saturated rings. The predicted molar refractivity (Wildman–Crippen MR) is 81.6 cm³/mol. The fraction of sp³-hybridized carbons (Fsp3) is 0.412. The molecule has 1 heterocycles. The van der Waals surface area contributed by atoms with Crippen LogP contribution in [0.5, 0.6) is 5.75 Å². The number of phenols is 1. The van der Waals surface area contributed by atoms with E-state index in [1.54, 1.807) is 12.1 Å². The normalized spacial score (nSPS) is 10.7. The van der Waals surface area contributed by atoms with Gasteiger partial charge in [-0.3, -0.25) is 0 Å². The highest BCUT2D eigenvalue weighted by molar-refractivity contribution is 5.55. The van der Waals surface area contributed by atoms with Gasteiger partial charge in [0.05, 0.1) is 0 Å². The fourth-order valence-corrected chi connectivity index (χ4v) is 2.18. The maximum atomic E-state index is 9.27. The third-order valence-corrected chi connectivity index (χ3v) is 3.40. The van der Waals surface area contributed by atoms with E-state index in [1.807, 2.05) is 24.5 Å². The topological polar surface area (TPSA) is 46.0 Å². The number of phenolic OH excluding ortho intramolecular Hbond substituents is 1. The van der Waals surface area contributed by atoms with Gasteiger partial charge in [-0.1, -0.05) is 32.6 Å². The molecule has 2 aromatic rings. The average Bonchev–Trinajstić information content (AvgIpc) is 2.49. The summed E-state index contributed by atoms with van der Waals surface area (Å²) in [6.07, 6.45) is 11.3. The highest BCUT2D eigenvalue weighted by Crippen LogP contribution is 2.18. The van der Waals surface area contributed by atoms with Crippen LogP contribution in [0.3, 0.4) is 0 Å². The second-order valence-electron chi connectivity index (χ2n) is 5.13. The van der Waals surface area contributed by atoms with Crippen molar-refractivity contribution in [3.8, 4) is 17.1 Å². The molecule has 2 rings (SSSR count). The van der Waals surface area contributed by atoms with E-state index in [0.29, 0.717) is 5.82 Å². The lowest BCUT2D eigenvalue weighted by molar-refractivity contribution is 0.475. The van der Waals surface area contributed by atoms with Crippen molar-refractivity contribution in [3.63, 3.8) is 0 Å². The summed E-state index contributed by atoms with van der Waals surface area (Å²) in [5.74, 6) is 0.970. The Morgan fingerprint density at radius 1 is 0.900 bits per heavy atom. The summed E-state index contributed by atoms with van der Waals surface area (Å²) < 4.78 is 0. The quantitative estimate of drug-likeness (QED) is 0.760. The highest BCUT2D eigenvalue weighted by Gasteiger charge is 2.01. The molecule has 1 aromatic heterocycles. The molecule has 0 amide bonds. The Kier molecular flexibility index (Phi) is 5.54. The molecular weight excluding hydrogens is 248 g/mol. The van der Waals surface area contributed by atoms with E-state index >= 15 is 0 Å². The molecule has 1 N–H and O–H groups in total. The van der Waals surface area contributed by atoms with Crippen LogP contribution in [0.2, 0.25) is 0 Å². The second-order valence-corrected chi connectivity index (χ2v) is 5.13. The van der Waals surface area contributed by atoms with E-state index in [0.717, 1.165) is 12.0 Å². The maximum absolute atomic E-state index is 9.27. The molecule has 1 aromatic carbocycles. The minimum absolute atomic E-state index is 0.262. The van der Waals surface area contributed by atoms with Gasteiger partial charge in [0, 0.05) is 18.0 Å². The summed E-state index contributed by atoms with van der Waals surface area (Å²) in [5.41, 5.74) is 2.13. The molecule has 0 aliphatic carbocycles. The summed E-state index contributed by atoms with van der Waals surface area (Å²) in [6, 6.07) is 6.96. The van der Waals surface area contributed by atoms with Gasteiger partial charge in [-0.15, -0.1) is 0 Å². The highest BCUT2D eigenvalue weighted by atomic mass is 16.3. The molecule has 0 bridgehead atoms. The Labute approximate surface area is 120 Å². The first-order chi connectivity index (χ1) is 9.79. The zero-order valence-corrected chi connectivity index (χ0v) is 12.0. The Morgan fingerprint density at radius 3 is 2.20 bits per heavy atom. The van der Waals surface area contributed by atoms with Gasteiger partial charge in [-0.25, -0.2) is 9.97 Å². The fourth-order valence-electron chi connectivity index (χ4n) is 2.18. The molecular formula is C17H22N2O. The van der Waals surface area contributed by atoms with Gasteiger partial charge in [0.15, 0.2) is 5.82 Å². The molecule has 0 aliphatic rings. The van der Waals surface area contributed by atoms with Gasteiger partial charge in [0.2, 0.25) is 0 Å². The molecule has 0 aliphatic heterocycles. The summed E-state index contributed by atoms with van der Waals surface area (Å²) in [4.78, 5) is 8.80. The van der Waals surface area contributed by atoms with Crippen molar-refractivity contribution in [3.05, 3.63) is 42.2 Å². The van der Waals surface area contributed by atoms with Crippen molar-refractivity contribution < 1.29 is 5.11 Å². The first-order valence-electron chi connectivity index (χ1n) is 7.40. The molecule has 3 nitrogen and oxygen atoms in total. The summed E-state index contributed by atoms with van der Waals surface area (Å²) in [5, 5.41) is 9.27. The Hall–Kier alpha value is -1.90. The molecule has 0 saturated carbocycles. The minimum atomic E-state index is 0.262. The van der Waals surface area contributed by atoms with E-state index < -0.39 is 0 Å². The Bertz CT molecular complexity index is 506. The Balaban J connectivity index is 1.88. The minimum Gasteiger partial charge on any atom is -0.508 e. The van der Waals surface area contributed by atoms with Gasteiger partial charge in [-0.05, 0) is 42.7 Å². The summed E-state index contributed by atoms with van der Waals surface area (Å²) in [6.45, 7) is 2.23. The number of unbranched alkanes of at least 4 members (excludes halogenated alkanes) is 4. The average molecular weight is 270 g/mol.